The number of rotatable bonds is 9. The highest BCUT2D eigenvalue weighted by molar-refractivity contribution is 7.85. The molecule has 1 aliphatic heterocycles. The van der Waals surface area contributed by atoms with E-state index in [-0.39, 0.29) is 6.42 Å². The molecule has 0 saturated carbocycles. The Bertz CT molecular complexity index is 1350. The third kappa shape index (κ3) is 8.47. The van der Waals surface area contributed by atoms with Gasteiger partial charge in [-0.25, -0.2) is 0 Å². The van der Waals surface area contributed by atoms with Crippen molar-refractivity contribution in [2.75, 3.05) is 18.1 Å². The Balaban J connectivity index is 0.00000118. The third-order valence-corrected chi connectivity index (χ3v) is 8.77. The first-order valence-electron chi connectivity index (χ1n) is 14.0. The Kier molecular flexibility index (Phi) is 10.8. The van der Waals surface area contributed by atoms with Crippen LogP contribution in [-0.2, 0) is 41.5 Å². The smallest absolute Gasteiger partial charge is 0.303 e. The minimum Gasteiger partial charge on any atom is -0.493 e. The second-order valence-electron chi connectivity index (χ2n) is 10.4. The largest absolute Gasteiger partial charge is 0.493 e. The topological polar surface area (TPSA) is 72.8 Å². The number of aliphatic carboxylic acids is 1. The van der Waals surface area contributed by atoms with Gasteiger partial charge in [-0.05, 0) is 115 Å². The van der Waals surface area contributed by atoms with Gasteiger partial charge in [-0.2, -0.15) is 0 Å². The molecule has 1 N–H and O–H groups in total. The van der Waals surface area contributed by atoms with Gasteiger partial charge >= 0.3 is 5.97 Å². The number of aryl methyl sites for hydroxylation is 3. The summed E-state index contributed by atoms with van der Waals surface area (Å²) >= 11 is 0. The maximum atomic E-state index is 11.6. The highest BCUT2D eigenvalue weighted by Gasteiger charge is 2.20. The van der Waals surface area contributed by atoms with Crippen LogP contribution in [0.2, 0.25) is 0 Å². The summed E-state index contributed by atoms with van der Waals surface area (Å²) < 4.78 is 23.8. The highest BCUT2D eigenvalue weighted by atomic mass is 32.2. The molecule has 6 heteroatoms. The first-order valence-corrected chi connectivity index (χ1v) is 15.5. The van der Waals surface area contributed by atoms with Gasteiger partial charge in [0.05, 0.1) is 6.61 Å². The van der Waals surface area contributed by atoms with Crippen LogP contribution in [0.1, 0.15) is 54.9 Å². The van der Waals surface area contributed by atoms with Crippen LogP contribution in [0.25, 0.3) is 11.1 Å². The summed E-state index contributed by atoms with van der Waals surface area (Å²) in [6.07, 6.45) is 10.4. The van der Waals surface area contributed by atoms with Crippen molar-refractivity contribution in [3.05, 3.63) is 82.9 Å². The van der Waals surface area contributed by atoms with Crippen LogP contribution < -0.4 is 9.47 Å². The normalized spacial score (nSPS) is 17.6. The lowest BCUT2D eigenvalue weighted by Gasteiger charge is -2.22. The van der Waals surface area contributed by atoms with Crippen LogP contribution >= 0.6 is 0 Å². The summed E-state index contributed by atoms with van der Waals surface area (Å²) in [7, 11) is -0.634. The quantitative estimate of drug-likeness (QED) is 0.299. The maximum Gasteiger partial charge on any atom is 0.303 e. The molecule has 1 fully saturated rings. The fraction of sp³-hybridized carbons (Fsp3) is 0.382. The van der Waals surface area contributed by atoms with Crippen molar-refractivity contribution in [1.29, 1.82) is 0 Å². The van der Waals surface area contributed by atoms with Crippen LogP contribution in [-0.4, -0.2) is 33.4 Å². The van der Waals surface area contributed by atoms with Gasteiger partial charge in [0.15, 0.2) is 0 Å². The van der Waals surface area contributed by atoms with E-state index in [1.165, 1.54) is 22.3 Å². The van der Waals surface area contributed by atoms with Crippen molar-refractivity contribution in [3.8, 4) is 35.0 Å². The zero-order chi connectivity index (χ0) is 28.3. The SMILES string of the molecule is C#CC.O=C(O)CCc1ccc(OCc2ccc3c(c2)-c2ccc(OCC4CCS(=O)CC4)cc2CCC3)cc1. The molecule has 0 bridgehead atoms. The number of benzene rings is 3. The molecule has 1 heterocycles. The highest BCUT2D eigenvalue weighted by Crippen LogP contribution is 2.35. The first kappa shape index (κ1) is 29.4. The summed E-state index contributed by atoms with van der Waals surface area (Å²) in [6.45, 7) is 2.83. The molecule has 1 saturated heterocycles. The summed E-state index contributed by atoms with van der Waals surface area (Å²) in [4.78, 5) is 10.8. The van der Waals surface area contributed by atoms with Crippen molar-refractivity contribution < 1.29 is 23.6 Å². The molecule has 1 aliphatic carbocycles. The van der Waals surface area contributed by atoms with Gasteiger partial charge < -0.3 is 14.6 Å². The Morgan fingerprint density at radius 3 is 2.33 bits per heavy atom. The number of terminal acetylenes is 1. The predicted molar refractivity (Wildman–Crippen MR) is 161 cm³/mol. The molecule has 40 heavy (non-hydrogen) atoms. The fourth-order valence-electron chi connectivity index (χ4n) is 5.17. The average molecular weight is 559 g/mol. The summed E-state index contributed by atoms with van der Waals surface area (Å²) in [5.41, 5.74) is 7.37. The Morgan fingerprint density at radius 2 is 1.60 bits per heavy atom. The van der Waals surface area contributed by atoms with Gasteiger partial charge in [0.2, 0.25) is 0 Å². The van der Waals surface area contributed by atoms with Gasteiger partial charge in [0, 0.05) is 28.7 Å². The van der Waals surface area contributed by atoms with Gasteiger partial charge in [0.1, 0.15) is 18.1 Å². The number of fused-ring (bicyclic) bond motifs is 3. The molecule has 2 aliphatic rings. The van der Waals surface area contributed by atoms with Gasteiger partial charge in [0.25, 0.3) is 0 Å². The second-order valence-corrected chi connectivity index (χ2v) is 12.1. The van der Waals surface area contributed by atoms with Gasteiger partial charge in [-0.3, -0.25) is 9.00 Å². The summed E-state index contributed by atoms with van der Waals surface area (Å²) in [5.74, 6) is 5.28. The lowest BCUT2D eigenvalue weighted by Crippen LogP contribution is -2.23. The lowest BCUT2D eigenvalue weighted by molar-refractivity contribution is -0.136. The van der Waals surface area contributed by atoms with E-state index in [1.807, 2.05) is 24.3 Å². The van der Waals surface area contributed by atoms with Crippen molar-refractivity contribution in [3.63, 3.8) is 0 Å². The minimum absolute atomic E-state index is 0.133. The summed E-state index contributed by atoms with van der Waals surface area (Å²) in [6, 6.07) is 20.8. The van der Waals surface area contributed by atoms with E-state index in [1.54, 1.807) is 6.92 Å². The lowest BCUT2D eigenvalue weighted by atomic mass is 9.95. The average Bonchev–Trinajstić information content (AvgIpc) is 3.14. The van der Waals surface area contributed by atoms with E-state index in [2.05, 4.69) is 48.7 Å². The fourth-order valence-corrected chi connectivity index (χ4v) is 6.57. The van der Waals surface area contributed by atoms with Crippen molar-refractivity contribution in [1.82, 2.24) is 0 Å². The van der Waals surface area contributed by atoms with E-state index in [0.29, 0.717) is 25.6 Å². The second kappa shape index (κ2) is 14.7. The molecule has 5 nitrogen and oxygen atoms in total. The molecular weight excluding hydrogens is 520 g/mol. The zero-order valence-electron chi connectivity index (χ0n) is 23.2. The molecule has 210 valence electrons. The van der Waals surface area contributed by atoms with E-state index in [9.17, 15) is 9.00 Å². The number of ether oxygens (including phenoxy) is 2. The van der Waals surface area contributed by atoms with E-state index in [4.69, 9.17) is 14.6 Å². The van der Waals surface area contributed by atoms with E-state index >= 15 is 0 Å². The summed E-state index contributed by atoms with van der Waals surface area (Å²) in [5, 5.41) is 8.86. The standard InChI is InChI=1S/C31H34O5S.C3H4/c32-31(33)13-7-22-5-9-27(10-6-22)35-21-24-4-8-25-2-1-3-26-19-28(11-12-29(26)30(25)18-24)36-20-23-14-16-37(34)17-15-23;1-3-2/h4-6,8-12,18-19,23H,1-3,7,13-17,20-21H2,(H,32,33);1H,2H3. The molecule has 3 aromatic carbocycles. The Labute approximate surface area is 240 Å². The van der Waals surface area contributed by atoms with E-state index in [0.717, 1.165) is 66.2 Å². The van der Waals surface area contributed by atoms with Crippen molar-refractivity contribution >= 4 is 16.8 Å². The van der Waals surface area contributed by atoms with Crippen LogP contribution in [0.3, 0.4) is 0 Å². The minimum atomic E-state index is -0.784. The number of hydrogen-bond donors (Lipinski definition) is 1. The molecule has 0 radical (unpaired) electrons. The Morgan fingerprint density at radius 1 is 0.925 bits per heavy atom. The van der Waals surface area contributed by atoms with Crippen LogP contribution in [0.5, 0.6) is 11.5 Å². The van der Waals surface area contributed by atoms with Crippen LogP contribution in [0.4, 0.5) is 0 Å². The number of carboxylic acids is 1. The maximum absolute atomic E-state index is 11.6. The predicted octanol–water partition coefficient (Wildman–Crippen LogP) is 6.62. The van der Waals surface area contributed by atoms with Crippen molar-refractivity contribution in [2.45, 2.75) is 58.5 Å². The molecule has 0 unspecified atom stereocenters. The van der Waals surface area contributed by atoms with Crippen LogP contribution in [0, 0.1) is 18.3 Å². The molecular formula is C34H38O5S. The van der Waals surface area contributed by atoms with E-state index < -0.39 is 16.8 Å². The number of carboxylic acid groups (broad SMARTS) is 1. The monoisotopic (exact) mass is 558 g/mol. The van der Waals surface area contributed by atoms with Crippen molar-refractivity contribution in [2.24, 2.45) is 5.92 Å². The molecule has 3 aromatic rings. The number of hydrogen-bond acceptors (Lipinski definition) is 4. The van der Waals surface area contributed by atoms with Gasteiger partial charge in [-0.1, -0.05) is 30.3 Å². The van der Waals surface area contributed by atoms with Crippen LogP contribution in [0.15, 0.2) is 60.7 Å². The molecule has 0 atom stereocenters. The number of carbonyl (C=O) groups is 1. The third-order valence-electron chi connectivity index (χ3n) is 7.38. The first-order chi connectivity index (χ1) is 19.4. The Hall–Kier alpha value is -3.56. The molecule has 5 rings (SSSR count). The van der Waals surface area contributed by atoms with Gasteiger partial charge in [-0.15, -0.1) is 12.3 Å². The molecule has 0 aromatic heterocycles. The zero-order valence-corrected chi connectivity index (χ0v) is 24.0. The molecule has 0 amide bonds. The molecule has 0 spiro atoms.